The Labute approximate surface area is 149 Å². The molecule has 3 rings (SSSR count). The van der Waals surface area contributed by atoms with Crippen molar-refractivity contribution in [1.29, 1.82) is 0 Å². The Morgan fingerprint density at radius 3 is 2.62 bits per heavy atom. The zero-order valence-electron chi connectivity index (χ0n) is 15.0. The molecule has 2 aromatic rings. The lowest BCUT2D eigenvalue weighted by Gasteiger charge is -2.17. The summed E-state index contributed by atoms with van der Waals surface area (Å²) in [6.07, 6.45) is -2.11. The second kappa shape index (κ2) is 6.77. The van der Waals surface area contributed by atoms with Crippen molar-refractivity contribution >= 4 is 5.91 Å². The molecule has 1 amide bonds. The minimum Gasteiger partial charge on any atom is -0.348 e. The molecule has 1 aliphatic rings. The average Bonchev–Trinajstić information content (AvgIpc) is 3.08. The summed E-state index contributed by atoms with van der Waals surface area (Å²) in [4.78, 5) is 12.4. The molecular formula is C17H22F3N5O. The predicted molar refractivity (Wildman–Crippen MR) is 88.5 cm³/mol. The van der Waals surface area contributed by atoms with E-state index in [0.29, 0.717) is 25.0 Å². The molecule has 0 unspecified atom stereocenters. The van der Waals surface area contributed by atoms with Crippen molar-refractivity contribution < 1.29 is 18.0 Å². The van der Waals surface area contributed by atoms with Crippen LogP contribution in [0.4, 0.5) is 13.2 Å². The van der Waals surface area contributed by atoms with Crippen LogP contribution < -0.4 is 5.32 Å². The maximum atomic E-state index is 13.2. The van der Waals surface area contributed by atoms with Gasteiger partial charge in [-0.3, -0.25) is 14.6 Å². The summed E-state index contributed by atoms with van der Waals surface area (Å²) in [6.45, 7) is 5.29. The fourth-order valence-electron chi connectivity index (χ4n) is 3.72. The SMILES string of the molecule is Cc1n[nH]c(C)c1[C@H](C)NC(=O)Cn1nc(C(F)(F)F)c2c1CCCC2. The Balaban J connectivity index is 1.78. The Hall–Kier alpha value is -2.32. The number of hydrogen-bond acceptors (Lipinski definition) is 3. The van der Waals surface area contributed by atoms with E-state index in [4.69, 9.17) is 0 Å². The third kappa shape index (κ3) is 3.47. The fraction of sp³-hybridized carbons (Fsp3) is 0.588. The van der Waals surface area contributed by atoms with E-state index in [9.17, 15) is 18.0 Å². The summed E-state index contributed by atoms with van der Waals surface area (Å²) in [5.74, 6) is -0.373. The lowest BCUT2D eigenvalue weighted by Crippen LogP contribution is -2.31. The molecule has 26 heavy (non-hydrogen) atoms. The van der Waals surface area contributed by atoms with Crippen molar-refractivity contribution in [2.24, 2.45) is 0 Å². The van der Waals surface area contributed by atoms with Gasteiger partial charge < -0.3 is 5.32 Å². The third-order valence-electron chi connectivity index (χ3n) is 4.81. The van der Waals surface area contributed by atoms with Gasteiger partial charge in [0, 0.05) is 22.5 Å². The van der Waals surface area contributed by atoms with Crippen LogP contribution in [0, 0.1) is 13.8 Å². The second-order valence-electron chi connectivity index (χ2n) is 6.77. The minimum atomic E-state index is -4.50. The number of fused-ring (bicyclic) bond motifs is 1. The normalized spacial score (nSPS) is 15.6. The van der Waals surface area contributed by atoms with Crippen LogP contribution in [-0.2, 0) is 30.4 Å². The molecule has 6 nitrogen and oxygen atoms in total. The number of rotatable bonds is 4. The number of aryl methyl sites for hydroxylation is 2. The van der Waals surface area contributed by atoms with Gasteiger partial charge in [0.1, 0.15) is 6.54 Å². The van der Waals surface area contributed by atoms with E-state index in [1.807, 2.05) is 20.8 Å². The molecule has 0 spiro atoms. The zero-order valence-corrected chi connectivity index (χ0v) is 15.0. The van der Waals surface area contributed by atoms with Crippen molar-refractivity contribution in [2.45, 2.75) is 65.2 Å². The van der Waals surface area contributed by atoms with Gasteiger partial charge in [-0.15, -0.1) is 0 Å². The second-order valence-corrected chi connectivity index (χ2v) is 6.77. The monoisotopic (exact) mass is 369 g/mol. The summed E-state index contributed by atoms with van der Waals surface area (Å²) in [5, 5.41) is 13.5. The van der Waals surface area contributed by atoms with Crippen molar-refractivity contribution in [3.8, 4) is 0 Å². The molecule has 142 valence electrons. The van der Waals surface area contributed by atoms with Gasteiger partial charge in [-0.05, 0) is 46.5 Å². The van der Waals surface area contributed by atoms with Crippen molar-refractivity contribution in [1.82, 2.24) is 25.3 Å². The average molecular weight is 369 g/mol. The molecule has 1 aliphatic carbocycles. The third-order valence-corrected chi connectivity index (χ3v) is 4.81. The molecule has 9 heteroatoms. The predicted octanol–water partition coefficient (Wildman–Crippen LogP) is 3.00. The molecule has 0 fully saturated rings. The smallest absolute Gasteiger partial charge is 0.348 e. The molecule has 0 saturated carbocycles. The largest absolute Gasteiger partial charge is 0.435 e. The maximum Gasteiger partial charge on any atom is 0.435 e. The Morgan fingerprint density at radius 2 is 2.00 bits per heavy atom. The summed E-state index contributed by atoms with van der Waals surface area (Å²) >= 11 is 0. The fourth-order valence-corrected chi connectivity index (χ4v) is 3.72. The van der Waals surface area contributed by atoms with Crippen LogP contribution in [0.15, 0.2) is 0 Å². The molecule has 2 heterocycles. The maximum absolute atomic E-state index is 13.2. The van der Waals surface area contributed by atoms with Crippen molar-refractivity contribution in [3.05, 3.63) is 33.9 Å². The molecule has 0 aliphatic heterocycles. The quantitative estimate of drug-likeness (QED) is 0.870. The molecular weight excluding hydrogens is 347 g/mol. The summed E-state index contributed by atoms with van der Waals surface area (Å²) < 4.78 is 40.9. The molecule has 0 radical (unpaired) electrons. The number of H-pyrrole nitrogens is 1. The van der Waals surface area contributed by atoms with E-state index >= 15 is 0 Å². The molecule has 2 N–H and O–H groups in total. The molecule has 0 aromatic carbocycles. The number of amides is 1. The van der Waals surface area contributed by atoms with E-state index < -0.39 is 11.9 Å². The van der Waals surface area contributed by atoms with E-state index in [0.717, 1.165) is 23.4 Å². The number of aromatic amines is 1. The van der Waals surface area contributed by atoms with E-state index in [1.54, 1.807) is 0 Å². The van der Waals surface area contributed by atoms with E-state index in [2.05, 4.69) is 20.6 Å². The lowest BCUT2D eigenvalue weighted by molar-refractivity contribution is -0.142. The first kappa shape index (κ1) is 18.5. The number of halogens is 3. The number of carbonyl (C=O) groups is 1. The zero-order chi connectivity index (χ0) is 19.1. The number of nitrogens with one attached hydrogen (secondary N) is 2. The van der Waals surface area contributed by atoms with Crippen LogP contribution in [0.3, 0.4) is 0 Å². The summed E-state index contributed by atoms with van der Waals surface area (Å²) in [5.41, 5.74) is 2.44. The summed E-state index contributed by atoms with van der Waals surface area (Å²) in [6, 6.07) is -0.297. The van der Waals surface area contributed by atoms with Crippen molar-refractivity contribution in [2.75, 3.05) is 0 Å². The lowest BCUT2D eigenvalue weighted by atomic mass is 9.95. The van der Waals surface area contributed by atoms with Crippen LogP contribution in [0.2, 0.25) is 0 Å². The number of alkyl halides is 3. The standard InChI is InChI=1S/C17H22F3N5O/c1-9(15-10(2)22-23-11(15)3)21-14(26)8-25-13-7-5-4-6-12(13)16(24-25)17(18,19)20/h9H,4-8H2,1-3H3,(H,21,26)(H,22,23)/t9-/m0/s1. The highest BCUT2D eigenvalue weighted by atomic mass is 19.4. The first-order valence-electron chi connectivity index (χ1n) is 8.65. The number of aromatic nitrogens is 4. The van der Waals surface area contributed by atoms with Gasteiger partial charge >= 0.3 is 6.18 Å². The van der Waals surface area contributed by atoms with Crippen LogP contribution in [0.25, 0.3) is 0 Å². The van der Waals surface area contributed by atoms with E-state index in [-0.39, 0.29) is 24.1 Å². The highest BCUT2D eigenvalue weighted by molar-refractivity contribution is 5.76. The summed E-state index contributed by atoms with van der Waals surface area (Å²) in [7, 11) is 0. The van der Waals surface area contributed by atoms with Gasteiger partial charge in [-0.1, -0.05) is 0 Å². The first-order valence-corrected chi connectivity index (χ1v) is 8.65. The van der Waals surface area contributed by atoms with Gasteiger partial charge in [0.05, 0.1) is 11.7 Å². The topological polar surface area (TPSA) is 75.6 Å². The highest BCUT2D eigenvalue weighted by Crippen LogP contribution is 2.35. The molecule has 0 saturated heterocycles. The highest BCUT2D eigenvalue weighted by Gasteiger charge is 2.39. The molecule has 2 aromatic heterocycles. The van der Waals surface area contributed by atoms with Gasteiger partial charge in [-0.2, -0.15) is 23.4 Å². The van der Waals surface area contributed by atoms with Crippen molar-refractivity contribution in [3.63, 3.8) is 0 Å². The number of nitrogens with zero attached hydrogens (tertiary/aromatic N) is 3. The van der Waals surface area contributed by atoms with Gasteiger partial charge in [0.2, 0.25) is 5.91 Å². The van der Waals surface area contributed by atoms with Crippen LogP contribution in [-0.4, -0.2) is 25.9 Å². The van der Waals surface area contributed by atoms with Gasteiger partial charge in [-0.25, -0.2) is 0 Å². The van der Waals surface area contributed by atoms with Crippen LogP contribution >= 0.6 is 0 Å². The number of hydrogen-bond donors (Lipinski definition) is 2. The Kier molecular flexibility index (Phi) is 4.81. The van der Waals surface area contributed by atoms with Gasteiger partial charge in [0.25, 0.3) is 0 Å². The Morgan fingerprint density at radius 1 is 1.31 bits per heavy atom. The first-order chi connectivity index (χ1) is 12.2. The number of carbonyl (C=O) groups excluding carboxylic acids is 1. The van der Waals surface area contributed by atoms with Gasteiger partial charge in [0.15, 0.2) is 5.69 Å². The molecule has 1 atom stereocenters. The molecule has 0 bridgehead atoms. The van der Waals surface area contributed by atoms with E-state index in [1.165, 1.54) is 4.68 Å². The minimum absolute atomic E-state index is 0.224. The van der Waals surface area contributed by atoms with Crippen LogP contribution in [0.1, 0.15) is 59.7 Å². The van der Waals surface area contributed by atoms with Crippen LogP contribution in [0.5, 0.6) is 0 Å². The Bertz CT molecular complexity index is 802.